The van der Waals surface area contributed by atoms with Crippen LogP contribution in [0, 0.1) is 17.0 Å². The van der Waals surface area contributed by atoms with Crippen LogP contribution in [0.25, 0.3) is 0 Å². The van der Waals surface area contributed by atoms with E-state index in [9.17, 15) is 10.1 Å². The van der Waals surface area contributed by atoms with Crippen molar-refractivity contribution in [3.63, 3.8) is 0 Å². The van der Waals surface area contributed by atoms with E-state index in [-0.39, 0.29) is 18.0 Å². The number of hydrogen-bond acceptors (Lipinski definition) is 7. The van der Waals surface area contributed by atoms with Gasteiger partial charge in [0.05, 0.1) is 4.92 Å². The molecule has 100 valence electrons. The smallest absolute Gasteiger partial charge is 0.313 e. The first kappa shape index (κ1) is 13.2. The zero-order valence-corrected chi connectivity index (χ0v) is 11.2. The third kappa shape index (κ3) is 2.97. The molecule has 0 saturated carbocycles. The van der Waals surface area contributed by atoms with E-state index in [1.807, 2.05) is 0 Å². The van der Waals surface area contributed by atoms with Gasteiger partial charge >= 0.3 is 5.69 Å². The lowest BCUT2D eigenvalue weighted by molar-refractivity contribution is -0.386. The highest BCUT2D eigenvalue weighted by Gasteiger charge is 2.18. The second-order valence-corrected chi connectivity index (χ2v) is 4.78. The molecule has 1 N–H and O–H groups in total. The summed E-state index contributed by atoms with van der Waals surface area (Å²) in [6, 6.07) is 4.97. The quantitative estimate of drug-likeness (QED) is 0.668. The predicted octanol–water partition coefficient (Wildman–Crippen LogP) is 2.38. The molecule has 0 aliphatic rings. The summed E-state index contributed by atoms with van der Waals surface area (Å²) < 4.78 is 5.46. The summed E-state index contributed by atoms with van der Waals surface area (Å²) in [7, 11) is 1.75. The van der Waals surface area contributed by atoms with Gasteiger partial charge in [-0.2, -0.15) is 0 Å². The third-order valence-corrected chi connectivity index (χ3v) is 3.33. The van der Waals surface area contributed by atoms with Crippen LogP contribution >= 0.6 is 11.3 Å². The molecular formula is C11H12N4O3S. The van der Waals surface area contributed by atoms with Crippen LogP contribution in [0.15, 0.2) is 18.2 Å². The van der Waals surface area contributed by atoms with Gasteiger partial charge in [0.1, 0.15) is 6.61 Å². The number of benzene rings is 1. The molecule has 0 bridgehead atoms. The molecule has 2 aromatic rings. The first-order chi connectivity index (χ1) is 9.11. The minimum atomic E-state index is -0.441. The summed E-state index contributed by atoms with van der Waals surface area (Å²) >= 11 is 1.34. The first-order valence-corrected chi connectivity index (χ1v) is 6.30. The Labute approximate surface area is 113 Å². The van der Waals surface area contributed by atoms with Gasteiger partial charge in [0, 0.05) is 12.6 Å². The number of aryl methyl sites for hydroxylation is 1. The molecule has 7 nitrogen and oxygen atoms in total. The Hall–Kier alpha value is -2.22. The molecule has 8 heteroatoms. The Morgan fingerprint density at radius 3 is 2.89 bits per heavy atom. The van der Waals surface area contributed by atoms with Crippen LogP contribution in [-0.2, 0) is 6.61 Å². The van der Waals surface area contributed by atoms with Crippen LogP contribution < -0.4 is 10.1 Å². The van der Waals surface area contributed by atoms with Crippen molar-refractivity contribution in [3.05, 3.63) is 38.9 Å². The number of hydrogen-bond donors (Lipinski definition) is 1. The van der Waals surface area contributed by atoms with Crippen molar-refractivity contribution in [3.8, 4) is 5.75 Å². The lowest BCUT2D eigenvalue weighted by atomic mass is 10.2. The molecule has 0 spiro atoms. The molecule has 0 radical (unpaired) electrons. The summed E-state index contributed by atoms with van der Waals surface area (Å²) in [6.45, 7) is 1.83. The number of anilines is 1. The zero-order chi connectivity index (χ0) is 13.8. The van der Waals surface area contributed by atoms with E-state index >= 15 is 0 Å². The highest BCUT2D eigenvalue weighted by molar-refractivity contribution is 7.15. The normalized spacial score (nSPS) is 10.2. The molecule has 0 aliphatic heterocycles. The minimum absolute atomic E-state index is 0.0131. The number of rotatable bonds is 5. The highest BCUT2D eigenvalue weighted by atomic mass is 32.1. The van der Waals surface area contributed by atoms with Crippen molar-refractivity contribution in [2.24, 2.45) is 0 Å². The number of nitro groups is 1. The lowest BCUT2D eigenvalue weighted by Crippen LogP contribution is -2.00. The summed E-state index contributed by atoms with van der Waals surface area (Å²) in [4.78, 5) is 10.6. The van der Waals surface area contributed by atoms with Crippen LogP contribution in [0.4, 0.5) is 10.8 Å². The van der Waals surface area contributed by atoms with Crippen molar-refractivity contribution < 1.29 is 9.66 Å². The molecule has 1 heterocycles. The lowest BCUT2D eigenvalue weighted by Gasteiger charge is -2.06. The Bertz CT molecular complexity index is 599. The van der Waals surface area contributed by atoms with Crippen molar-refractivity contribution in [1.29, 1.82) is 0 Å². The molecule has 1 aromatic heterocycles. The molecule has 19 heavy (non-hydrogen) atoms. The van der Waals surface area contributed by atoms with Crippen LogP contribution in [0.3, 0.4) is 0 Å². The van der Waals surface area contributed by atoms with Gasteiger partial charge in [0.15, 0.2) is 10.8 Å². The predicted molar refractivity (Wildman–Crippen MR) is 71.6 cm³/mol. The van der Waals surface area contributed by atoms with E-state index in [1.165, 1.54) is 11.3 Å². The molecule has 0 saturated heterocycles. The summed E-state index contributed by atoms with van der Waals surface area (Å²) in [5, 5.41) is 23.0. The largest absolute Gasteiger partial charge is 0.479 e. The van der Waals surface area contributed by atoms with Crippen LogP contribution in [0.2, 0.25) is 0 Å². The molecule has 0 fully saturated rings. The maximum Gasteiger partial charge on any atom is 0.313 e. The number of nitrogens with zero attached hydrogens (tertiary/aromatic N) is 3. The Kier molecular flexibility index (Phi) is 3.91. The van der Waals surface area contributed by atoms with Gasteiger partial charge in [-0.1, -0.05) is 23.5 Å². The number of aromatic nitrogens is 2. The number of para-hydroxylation sites is 1. The maximum absolute atomic E-state index is 11.0. The fourth-order valence-electron chi connectivity index (χ4n) is 1.53. The number of nitro benzene ring substituents is 1. The third-order valence-electron chi connectivity index (χ3n) is 2.42. The van der Waals surface area contributed by atoms with E-state index in [0.29, 0.717) is 15.7 Å². The van der Waals surface area contributed by atoms with Gasteiger partial charge in [0.2, 0.25) is 5.13 Å². The van der Waals surface area contributed by atoms with Crippen molar-refractivity contribution in [2.75, 3.05) is 12.4 Å². The Morgan fingerprint density at radius 1 is 1.47 bits per heavy atom. The molecule has 2 rings (SSSR count). The summed E-state index contributed by atoms with van der Waals surface area (Å²) in [5.41, 5.74) is 0.552. The molecule has 0 unspecified atom stereocenters. The highest BCUT2D eigenvalue weighted by Crippen LogP contribution is 2.31. The molecular weight excluding hydrogens is 268 g/mol. The SMILES string of the molecule is CNc1nnc(COc2cccc(C)c2[N+](=O)[O-])s1. The summed E-state index contributed by atoms with van der Waals surface area (Å²) in [6.07, 6.45) is 0. The molecule has 0 aliphatic carbocycles. The van der Waals surface area contributed by atoms with Crippen LogP contribution in [-0.4, -0.2) is 22.2 Å². The standard InChI is InChI=1S/C11H12N4O3S/c1-7-4-3-5-8(10(7)15(16)17)18-6-9-13-14-11(12-2)19-9/h3-5H,6H2,1-2H3,(H,12,14). The van der Waals surface area contributed by atoms with E-state index < -0.39 is 4.92 Å². The minimum Gasteiger partial charge on any atom is -0.479 e. The van der Waals surface area contributed by atoms with Gasteiger partial charge < -0.3 is 10.1 Å². The van der Waals surface area contributed by atoms with E-state index in [0.717, 1.165) is 0 Å². The maximum atomic E-state index is 11.0. The molecule has 0 amide bonds. The van der Waals surface area contributed by atoms with Gasteiger partial charge in [-0.05, 0) is 13.0 Å². The van der Waals surface area contributed by atoms with Crippen molar-refractivity contribution in [1.82, 2.24) is 10.2 Å². The van der Waals surface area contributed by atoms with Gasteiger partial charge in [0.25, 0.3) is 0 Å². The average molecular weight is 280 g/mol. The topological polar surface area (TPSA) is 90.2 Å². The second kappa shape index (κ2) is 5.61. The van der Waals surface area contributed by atoms with Crippen molar-refractivity contribution in [2.45, 2.75) is 13.5 Å². The summed E-state index contributed by atoms with van der Waals surface area (Å²) in [5.74, 6) is 0.242. The zero-order valence-electron chi connectivity index (χ0n) is 10.4. The Balaban J connectivity index is 2.15. The fraction of sp³-hybridized carbons (Fsp3) is 0.273. The second-order valence-electron chi connectivity index (χ2n) is 3.72. The fourth-order valence-corrected chi connectivity index (χ4v) is 2.14. The molecule has 1 aromatic carbocycles. The number of nitrogens with one attached hydrogen (secondary N) is 1. The van der Waals surface area contributed by atoms with E-state index in [4.69, 9.17) is 4.74 Å². The van der Waals surface area contributed by atoms with E-state index in [1.54, 1.807) is 32.2 Å². The van der Waals surface area contributed by atoms with Gasteiger partial charge in [-0.3, -0.25) is 10.1 Å². The Morgan fingerprint density at radius 2 is 2.26 bits per heavy atom. The van der Waals surface area contributed by atoms with Crippen molar-refractivity contribution >= 4 is 22.2 Å². The first-order valence-electron chi connectivity index (χ1n) is 5.48. The van der Waals surface area contributed by atoms with Gasteiger partial charge in [-0.15, -0.1) is 10.2 Å². The monoisotopic (exact) mass is 280 g/mol. The average Bonchev–Trinajstić information content (AvgIpc) is 2.83. The van der Waals surface area contributed by atoms with E-state index in [2.05, 4.69) is 15.5 Å². The molecule has 0 atom stereocenters. The number of ether oxygens (including phenoxy) is 1. The van der Waals surface area contributed by atoms with Crippen LogP contribution in [0.1, 0.15) is 10.6 Å². The van der Waals surface area contributed by atoms with Crippen LogP contribution in [0.5, 0.6) is 5.75 Å². The van der Waals surface area contributed by atoms with Gasteiger partial charge in [-0.25, -0.2) is 0 Å².